The maximum Gasteiger partial charge on any atom is 0.119 e. The number of aliphatic hydroxyl groups is 2. The molecule has 1 aliphatic heterocycles. The van der Waals surface area contributed by atoms with Crippen LogP contribution in [0.25, 0.3) is 0 Å². The molecule has 1 aromatic rings. The van der Waals surface area contributed by atoms with Crippen molar-refractivity contribution in [2.45, 2.75) is 25.6 Å². The van der Waals surface area contributed by atoms with Gasteiger partial charge in [-0.25, -0.2) is 0 Å². The van der Waals surface area contributed by atoms with Crippen LogP contribution in [0.15, 0.2) is 24.3 Å². The number of aliphatic hydroxyl groups excluding tert-OH is 2. The van der Waals surface area contributed by atoms with Crippen LogP contribution in [0.2, 0.25) is 0 Å². The maximum atomic E-state index is 9.44. The van der Waals surface area contributed by atoms with Crippen molar-refractivity contribution >= 4 is 0 Å². The van der Waals surface area contributed by atoms with Crippen LogP contribution in [0, 0.1) is 0 Å². The predicted octanol–water partition coefficient (Wildman–Crippen LogP) is 0.892. The standard InChI is InChI=1S/C15H23NO4/c1-2-8-19-12-3-5-13(6-4-12)20-9-7-16-10-14(17)15(18)11-16/h3-6,14-15,17-18H,2,7-11H2,1H3. The fraction of sp³-hybridized carbons (Fsp3) is 0.600. The van der Waals surface area contributed by atoms with Gasteiger partial charge in [0, 0.05) is 19.6 Å². The normalized spacial score (nSPS) is 22.9. The van der Waals surface area contributed by atoms with Crippen LogP contribution in [0.1, 0.15) is 13.3 Å². The first-order chi connectivity index (χ1) is 9.69. The van der Waals surface area contributed by atoms with E-state index in [0.29, 0.717) is 26.2 Å². The van der Waals surface area contributed by atoms with E-state index in [1.807, 2.05) is 29.2 Å². The lowest BCUT2D eigenvalue weighted by atomic mass is 10.3. The van der Waals surface area contributed by atoms with E-state index >= 15 is 0 Å². The molecule has 0 saturated carbocycles. The molecule has 0 radical (unpaired) electrons. The van der Waals surface area contributed by atoms with E-state index in [1.54, 1.807) is 0 Å². The summed E-state index contributed by atoms with van der Waals surface area (Å²) in [5.74, 6) is 1.65. The summed E-state index contributed by atoms with van der Waals surface area (Å²) in [6, 6.07) is 7.57. The number of nitrogens with zero attached hydrogens (tertiary/aromatic N) is 1. The second-order valence-electron chi connectivity index (χ2n) is 5.06. The minimum atomic E-state index is -0.634. The summed E-state index contributed by atoms with van der Waals surface area (Å²) in [7, 11) is 0. The first-order valence-electron chi connectivity index (χ1n) is 7.13. The van der Waals surface area contributed by atoms with Gasteiger partial charge in [0.05, 0.1) is 18.8 Å². The first kappa shape index (κ1) is 15.1. The third-order valence-electron chi connectivity index (χ3n) is 3.31. The zero-order valence-corrected chi connectivity index (χ0v) is 11.9. The van der Waals surface area contributed by atoms with Crippen molar-refractivity contribution in [3.63, 3.8) is 0 Å². The molecule has 20 heavy (non-hydrogen) atoms. The van der Waals surface area contributed by atoms with Gasteiger partial charge in [-0.05, 0) is 30.7 Å². The summed E-state index contributed by atoms with van der Waals surface area (Å²) in [5, 5.41) is 18.9. The average Bonchev–Trinajstić information content (AvgIpc) is 2.77. The molecule has 5 heteroatoms. The van der Waals surface area contributed by atoms with Crippen molar-refractivity contribution in [3.05, 3.63) is 24.3 Å². The van der Waals surface area contributed by atoms with E-state index in [0.717, 1.165) is 24.5 Å². The summed E-state index contributed by atoms with van der Waals surface area (Å²) in [5.41, 5.74) is 0. The van der Waals surface area contributed by atoms with Gasteiger partial charge in [0.1, 0.15) is 18.1 Å². The zero-order chi connectivity index (χ0) is 14.4. The minimum Gasteiger partial charge on any atom is -0.494 e. The number of hydrogen-bond donors (Lipinski definition) is 2. The largest absolute Gasteiger partial charge is 0.494 e. The van der Waals surface area contributed by atoms with Crippen molar-refractivity contribution < 1.29 is 19.7 Å². The highest BCUT2D eigenvalue weighted by Gasteiger charge is 2.28. The lowest BCUT2D eigenvalue weighted by Crippen LogP contribution is -2.27. The van der Waals surface area contributed by atoms with Gasteiger partial charge in [0.25, 0.3) is 0 Å². The van der Waals surface area contributed by atoms with Gasteiger partial charge in [0.2, 0.25) is 0 Å². The average molecular weight is 281 g/mol. The molecule has 0 bridgehead atoms. The smallest absolute Gasteiger partial charge is 0.119 e. The summed E-state index contributed by atoms with van der Waals surface area (Å²) in [6.07, 6.45) is -0.277. The Balaban J connectivity index is 1.69. The summed E-state index contributed by atoms with van der Waals surface area (Å²) in [4.78, 5) is 1.99. The van der Waals surface area contributed by atoms with Gasteiger partial charge in [-0.3, -0.25) is 4.90 Å². The van der Waals surface area contributed by atoms with Gasteiger partial charge in [-0.15, -0.1) is 0 Å². The molecule has 1 saturated heterocycles. The number of benzene rings is 1. The number of hydrogen-bond acceptors (Lipinski definition) is 5. The van der Waals surface area contributed by atoms with Gasteiger partial charge in [0.15, 0.2) is 0 Å². The molecule has 1 fully saturated rings. The van der Waals surface area contributed by atoms with E-state index in [2.05, 4.69) is 6.92 Å². The Bertz CT molecular complexity index is 385. The second kappa shape index (κ2) is 7.47. The minimum absolute atomic E-state index is 0.508. The van der Waals surface area contributed by atoms with Gasteiger partial charge < -0.3 is 19.7 Å². The number of ether oxygens (including phenoxy) is 2. The first-order valence-corrected chi connectivity index (χ1v) is 7.13. The number of rotatable bonds is 7. The fourth-order valence-electron chi connectivity index (χ4n) is 2.17. The predicted molar refractivity (Wildman–Crippen MR) is 76.2 cm³/mol. The number of β-amino-alcohol motifs (C(OH)–C–C–N with tert-alkyl or cyclic N) is 2. The van der Waals surface area contributed by atoms with Crippen LogP contribution >= 0.6 is 0 Å². The van der Waals surface area contributed by atoms with Crippen LogP contribution in [-0.2, 0) is 0 Å². The Morgan fingerprint density at radius 2 is 1.50 bits per heavy atom. The van der Waals surface area contributed by atoms with E-state index in [4.69, 9.17) is 9.47 Å². The molecule has 2 unspecified atom stereocenters. The Morgan fingerprint density at radius 1 is 1.00 bits per heavy atom. The van der Waals surface area contributed by atoms with E-state index in [9.17, 15) is 10.2 Å². The Labute approximate surface area is 119 Å². The van der Waals surface area contributed by atoms with Crippen LogP contribution in [0.3, 0.4) is 0 Å². The fourth-order valence-corrected chi connectivity index (χ4v) is 2.17. The number of likely N-dealkylation sites (tertiary alicyclic amines) is 1. The van der Waals surface area contributed by atoms with Gasteiger partial charge in [-0.1, -0.05) is 6.92 Å². The Morgan fingerprint density at radius 3 is 2.00 bits per heavy atom. The summed E-state index contributed by atoms with van der Waals surface area (Å²) >= 11 is 0. The maximum absolute atomic E-state index is 9.44. The highest BCUT2D eigenvalue weighted by Crippen LogP contribution is 2.18. The second-order valence-corrected chi connectivity index (χ2v) is 5.06. The topological polar surface area (TPSA) is 62.2 Å². The van der Waals surface area contributed by atoms with Crippen LogP contribution in [-0.4, -0.2) is 60.2 Å². The summed E-state index contributed by atoms with van der Waals surface area (Å²) in [6.45, 7) is 5.04. The monoisotopic (exact) mass is 281 g/mol. The van der Waals surface area contributed by atoms with E-state index in [1.165, 1.54) is 0 Å². The zero-order valence-electron chi connectivity index (χ0n) is 11.9. The molecule has 2 N–H and O–H groups in total. The Hall–Kier alpha value is -1.30. The molecule has 112 valence electrons. The highest BCUT2D eigenvalue weighted by molar-refractivity contribution is 5.31. The molecule has 1 aliphatic rings. The van der Waals surface area contributed by atoms with Crippen molar-refractivity contribution in [1.82, 2.24) is 4.90 Å². The Kier molecular flexibility index (Phi) is 5.64. The van der Waals surface area contributed by atoms with Gasteiger partial charge in [-0.2, -0.15) is 0 Å². The summed E-state index contributed by atoms with van der Waals surface area (Å²) < 4.78 is 11.1. The third-order valence-corrected chi connectivity index (χ3v) is 3.31. The third kappa shape index (κ3) is 4.37. The van der Waals surface area contributed by atoms with Gasteiger partial charge >= 0.3 is 0 Å². The molecule has 5 nitrogen and oxygen atoms in total. The molecule has 0 amide bonds. The van der Waals surface area contributed by atoms with Crippen LogP contribution < -0.4 is 9.47 Å². The van der Waals surface area contributed by atoms with E-state index in [-0.39, 0.29) is 0 Å². The lowest BCUT2D eigenvalue weighted by Gasteiger charge is -2.15. The molecule has 1 aromatic carbocycles. The van der Waals surface area contributed by atoms with Crippen molar-refractivity contribution in [2.75, 3.05) is 32.8 Å². The van der Waals surface area contributed by atoms with E-state index < -0.39 is 12.2 Å². The molecular weight excluding hydrogens is 258 g/mol. The van der Waals surface area contributed by atoms with Crippen LogP contribution in [0.4, 0.5) is 0 Å². The molecule has 2 atom stereocenters. The molecule has 0 spiro atoms. The lowest BCUT2D eigenvalue weighted by molar-refractivity contribution is 0.0572. The SMILES string of the molecule is CCCOc1ccc(OCCN2CC(O)C(O)C2)cc1. The molecule has 0 aromatic heterocycles. The molecule has 0 aliphatic carbocycles. The van der Waals surface area contributed by atoms with Crippen molar-refractivity contribution in [1.29, 1.82) is 0 Å². The quantitative estimate of drug-likeness (QED) is 0.777. The molecule has 1 heterocycles. The molecular formula is C15H23NO4. The molecule has 2 rings (SSSR count). The van der Waals surface area contributed by atoms with Crippen LogP contribution in [0.5, 0.6) is 11.5 Å². The highest BCUT2D eigenvalue weighted by atomic mass is 16.5. The van der Waals surface area contributed by atoms with Crippen molar-refractivity contribution in [3.8, 4) is 11.5 Å². The van der Waals surface area contributed by atoms with Crippen molar-refractivity contribution in [2.24, 2.45) is 0 Å².